The molecular weight excluding hydrogens is 372 g/mol. The number of amides is 1. The fraction of sp³-hybridized carbons (Fsp3) is 0.136. The van der Waals surface area contributed by atoms with Gasteiger partial charge in [0.25, 0.3) is 15.9 Å². The Morgan fingerprint density at radius 1 is 0.857 bits per heavy atom. The molecule has 3 aromatic rings. The maximum atomic E-state index is 12.9. The maximum absolute atomic E-state index is 12.9. The summed E-state index contributed by atoms with van der Waals surface area (Å²) in [5, 5.41) is 2.87. The van der Waals surface area contributed by atoms with Crippen molar-refractivity contribution in [3.05, 3.63) is 96.1 Å². The van der Waals surface area contributed by atoms with Gasteiger partial charge in [-0.15, -0.1) is 0 Å². The SMILES string of the molecule is CN(c1ccccc1C(=O)NCCc1ccccc1)S(=O)(=O)c1ccccc1. The monoisotopic (exact) mass is 394 g/mol. The molecule has 0 aliphatic rings. The molecule has 1 N–H and O–H groups in total. The van der Waals surface area contributed by atoms with Gasteiger partial charge >= 0.3 is 0 Å². The highest BCUT2D eigenvalue weighted by Gasteiger charge is 2.24. The normalized spacial score (nSPS) is 11.0. The van der Waals surface area contributed by atoms with E-state index >= 15 is 0 Å². The van der Waals surface area contributed by atoms with Crippen molar-refractivity contribution in [1.29, 1.82) is 0 Å². The van der Waals surface area contributed by atoms with Crippen LogP contribution in [0, 0.1) is 0 Å². The smallest absolute Gasteiger partial charge is 0.264 e. The Kier molecular flexibility index (Phi) is 6.11. The topological polar surface area (TPSA) is 66.5 Å². The average Bonchev–Trinajstić information content (AvgIpc) is 2.74. The van der Waals surface area contributed by atoms with Crippen LogP contribution >= 0.6 is 0 Å². The summed E-state index contributed by atoms with van der Waals surface area (Å²) in [5.74, 6) is -0.304. The second-order valence-corrected chi connectivity index (χ2v) is 8.26. The lowest BCUT2D eigenvalue weighted by atomic mass is 10.1. The molecule has 0 saturated heterocycles. The van der Waals surface area contributed by atoms with Crippen LogP contribution < -0.4 is 9.62 Å². The van der Waals surface area contributed by atoms with Gasteiger partial charge in [0.05, 0.1) is 16.1 Å². The first kappa shape index (κ1) is 19.6. The van der Waals surface area contributed by atoms with E-state index in [1.807, 2.05) is 30.3 Å². The van der Waals surface area contributed by atoms with E-state index < -0.39 is 10.0 Å². The number of nitrogens with zero attached hydrogens (tertiary/aromatic N) is 1. The van der Waals surface area contributed by atoms with Crippen LogP contribution in [0.3, 0.4) is 0 Å². The molecule has 6 heteroatoms. The van der Waals surface area contributed by atoms with Crippen LogP contribution in [0.1, 0.15) is 15.9 Å². The summed E-state index contributed by atoms with van der Waals surface area (Å²) in [7, 11) is -2.30. The van der Waals surface area contributed by atoms with E-state index in [-0.39, 0.29) is 10.8 Å². The molecule has 0 aliphatic carbocycles. The predicted molar refractivity (Wildman–Crippen MR) is 111 cm³/mol. The summed E-state index contributed by atoms with van der Waals surface area (Å²) in [4.78, 5) is 12.9. The van der Waals surface area contributed by atoms with Crippen LogP contribution in [0.15, 0.2) is 89.8 Å². The summed E-state index contributed by atoms with van der Waals surface area (Å²) in [6.45, 7) is 0.465. The molecule has 28 heavy (non-hydrogen) atoms. The first-order valence-corrected chi connectivity index (χ1v) is 10.4. The fourth-order valence-corrected chi connectivity index (χ4v) is 4.12. The number of carbonyl (C=O) groups excluding carboxylic acids is 1. The fourth-order valence-electron chi connectivity index (χ4n) is 2.88. The number of hydrogen-bond donors (Lipinski definition) is 1. The number of benzene rings is 3. The van der Waals surface area contributed by atoms with Crippen molar-refractivity contribution in [3.63, 3.8) is 0 Å². The van der Waals surface area contributed by atoms with Crippen LogP contribution in [-0.2, 0) is 16.4 Å². The zero-order valence-electron chi connectivity index (χ0n) is 15.6. The third kappa shape index (κ3) is 4.40. The van der Waals surface area contributed by atoms with Crippen molar-refractivity contribution in [2.75, 3.05) is 17.9 Å². The lowest BCUT2D eigenvalue weighted by Crippen LogP contribution is -2.31. The van der Waals surface area contributed by atoms with Gasteiger partial charge in [-0.2, -0.15) is 0 Å². The molecule has 0 aromatic heterocycles. The Morgan fingerprint density at radius 2 is 1.43 bits per heavy atom. The lowest BCUT2D eigenvalue weighted by molar-refractivity contribution is 0.0955. The van der Waals surface area contributed by atoms with E-state index in [2.05, 4.69) is 5.32 Å². The van der Waals surface area contributed by atoms with Crippen molar-refractivity contribution in [2.45, 2.75) is 11.3 Å². The summed E-state index contributed by atoms with van der Waals surface area (Å²) in [5.41, 5.74) is 1.78. The van der Waals surface area contributed by atoms with Gasteiger partial charge in [0.15, 0.2) is 0 Å². The minimum atomic E-state index is -3.76. The second kappa shape index (κ2) is 8.71. The standard InChI is InChI=1S/C22H22N2O3S/c1-24(28(26,27)19-12-6-3-7-13-19)21-15-9-8-14-20(21)22(25)23-17-16-18-10-4-2-5-11-18/h2-15H,16-17H2,1H3,(H,23,25). The van der Waals surface area contributed by atoms with Gasteiger partial charge < -0.3 is 5.32 Å². The highest BCUT2D eigenvalue weighted by atomic mass is 32.2. The van der Waals surface area contributed by atoms with Gasteiger partial charge in [-0.25, -0.2) is 8.42 Å². The van der Waals surface area contributed by atoms with Crippen molar-refractivity contribution >= 4 is 21.6 Å². The molecule has 3 aromatic carbocycles. The summed E-state index contributed by atoms with van der Waals surface area (Å²) in [6.07, 6.45) is 0.701. The van der Waals surface area contributed by atoms with E-state index in [1.165, 1.54) is 19.2 Å². The Balaban J connectivity index is 1.78. The second-order valence-electron chi connectivity index (χ2n) is 6.29. The number of carbonyl (C=O) groups is 1. The summed E-state index contributed by atoms with van der Waals surface area (Å²) < 4.78 is 26.9. The number of anilines is 1. The van der Waals surface area contributed by atoms with Gasteiger partial charge in [0.2, 0.25) is 0 Å². The maximum Gasteiger partial charge on any atom is 0.264 e. The summed E-state index contributed by atoms with van der Waals surface area (Å²) >= 11 is 0. The van der Waals surface area contributed by atoms with E-state index in [1.54, 1.807) is 42.5 Å². The first-order chi connectivity index (χ1) is 13.5. The molecule has 0 saturated carbocycles. The molecule has 0 unspecified atom stereocenters. The number of hydrogen-bond acceptors (Lipinski definition) is 3. The quantitative estimate of drug-likeness (QED) is 0.667. The predicted octanol–water partition coefficient (Wildman–Crippen LogP) is 3.48. The largest absolute Gasteiger partial charge is 0.352 e. The molecule has 0 heterocycles. The molecule has 0 atom stereocenters. The molecule has 0 bridgehead atoms. The van der Waals surface area contributed by atoms with Gasteiger partial charge in [-0.05, 0) is 36.2 Å². The zero-order valence-corrected chi connectivity index (χ0v) is 16.4. The molecule has 0 spiro atoms. The Hall–Kier alpha value is -3.12. The van der Waals surface area contributed by atoms with E-state index in [4.69, 9.17) is 0 Å². The van der Waals surface area contributed by atoms with Crippen molar-refractivity contribution in [3.8, 4) is 0 Å². The number of para-hydroxylation sites is 1. The molecule has 144 valence electrons. The van der Waals surface area contributed by atoms with Crippen molar-refractivity contribution < 1.29 is 13.2 Å². The number of rotatable bonds is 7. The average molecular weight is 394 g/mol. The van der Waals surface area contributed by atoms with Crippen molar-refractivity contribution in [1.82, 2.24) is 5.32 Å². The van der Waals surface area contributed by atoms with Crippen LogP contribution in [-0.4, -0.2) is 27.9 Å². The molecule has 0 radical (unpaired) electrons. The molecule has 0 fully saturated rings. The Morgan fingerprint density at radius 3 is 2.11 bits per heavy atom. The molecular formula is C22H22N2O3S. The number of sulfonamides is 1. The Bertz CT molecular complexity index is 1040. The summed E-state index contributed by atoms with van der Waals surface area (Å²) in [6, 6.07) is 24.7. The minimum Gasteiger partial charge on any atom is -0.352 e. The van der Waals surface area contributed by atoms with Crippen molar-refractivity contribution in [2.24, 2.45) is 0 Å². The highest BCUT2D eigenvalue weighted by molar-refractivity contribution is 7.92. The minimum absolute atomic E-state index is 0.178. The number of nitrogens with one attached hydrogen (secondary N) is 1. The van der Waals surface area contributed by atoms with E-state index in [0.717, 1.165) is 9.87 Å². The van der Waals surface area contributed by atoms with Crippen LogP contribution in [0.5, 0.6) is 0 Å². The third-order valence-corrected chi connectivity index (χ3v) is 6.22. The van der Waals surface area contributed by atoms with Gasteiger partial charge in [0, 0.05) is 13.6 Å². The van der Waals surface area contributed by atoms with Gasteiger partial charge in [0.1, 0.15) is 0 Å². The van der Waals surface area contributed by atoms with Crippen LogP contribution in [0.4, 0.5) is 5.69 Å². The molecule has 0 aliphatic heterocycles. The lowest BCUT2D eigenvalue weighted by Gasteiger charge is -2.22. The van der Waals surface area contributed by atoms with Gasteiger partial charge in [-0.3, -0.25) is 9.10 Å². The van der Waals surface area contributed by atoms with E-state index in [9.17, 15) is 13.2 Å². The first-order valence-electron chi connectivity index (χ1n) is 8.95. The van der Waals surface area contributed by atoms with Gasteiger partial charge in [-0.1, -0.05) is 60.7 Å². The van der Waals surface area contributed by atoms with Crippen LogP contribution in [0.2, 0.25) is 0 Å². The van der Waals surface area contributed by atoms with Crippen LogP contribution in [0.25, 0.3) is 0 Å². The molecule has 5 nitrogen and oxygen atoms in total. The molecule has 1 amide bonds. The zero-order chi connectivity index (χ0) is 20.0. The Labute approximate surface area is 165 Å². The van der Waals surface area contributed by atoms with E-state index in [0.29, 0.717) is 24.2 Å². The third-order valence-electron chi connectivity index (χ3n) is 4.43. The molecule has 3 rings (SSSR count). The highest BCUT2D eigenvalue weighted by Crippen LogP contribution is 2.25.